The van der Waals surface area contributed by atoms with Gasteiger partial charge in [-0.1, -0.05) is 18.2 Å². The fourth-order valence-corrected chi connectivity index (χ4v) is 4.52. The summed E-state index contributed by atoms with van der Waals surface area (Å²) in [5.41, 5.74) is 3.39. The van der Waals surface area contributed by atoms with Crippen molar-refractivity contribution in [2.75, 3.05) is 11.9 Å². The Morgan fingerprint density at radius 3 is 2.38 bits per heavy atom. The van der Waals surface area contributed by atoms with Gasteiger partial charge in [-0.3, -0.25) is 14.2 Å². The van der Waals surface area contributed by atoms with Crippen LogP contribution in [0.1, 0.15) is 0 Å². The summed E-state index contributed by atoms with van der Waals surface area (Å²) in [5, 5.41) is 12.9. The lowest BCUT2D eigenvalue weighted by Gasteiger charge is -2.14. The fourth-order valence-electron chi connectivity index (χ4n) is 4.52. The lowest BCUT2D eigenvalue weighted by molar-refractivity contribution is -0.115. The molecule has 0 aliphatic heterocycles. The molecule has 0 spiro atoms. The summed E-state index contributed by atoms with van der Waals surface area (Å²) >= 11 is 0. The van der Waals surface area contributed by atoms with Crippen LogP contribution in [0.2, 0.25) is 0 Å². The van der Waals surface area contributed by atoms with E-state index in [0.717, 1.165) is 16.3 Å². The van der Waals surface area contributed by atoms with E-state index in [1.165, 1.54) is 6.07 Å². The highest BCUT2D eigenvalue weighted by Gasteiger charge is 2.27. The Kier molecular flexibility index (Phi) is 5.04. The molecule has 11 heteroatoms. The van der Waals surface area contributed by atoms with Gasteiger partial charge in [0.1, 0.15) is 12.4 Å². The molecule has 1 N–H and O–H groups in total. The lowest BCUT2D eigenvalue weighted by atomic mass is 9.99. The van der Waals surface area contributed by atoms with Crippen LogP contribution in [0.25, 0.3) is 49.7 Å². The third-order valence-electron chi connectivity index (χ3n) is 6.14. The number of anilines is 1. The van der Waals surface area contributed by atoms with Gasteiger partial charge in [0.05, 0.1) is 16.6 Å². The predicted octanol–water partition coefficient (Wildman–Crippen LogP) is 4.78. The van der Waals surface area contributed by atoms with Crippen molar-refractivity contribution in [2.24, 2.45) is 14.1 Å². The minimum atomic E-state index is -4.41. The Morgan fingerprint density at radius 1 is 0.865 bits per heavy atom. The molecule has 37 heavy (non-hydrogen) atoms. The van der Waals surface area contributed by atoms with Gasteiger partial charge in [-0.05, 0) is 35.4 Å². The third-order valence-corrected chi connectivity index (χ3v) is 6.14. The number of rotatable bonds is 4. The lowest BCUT2D eigenvalue weighted by Crippen LogP contribution is -2.22. The molecular formula is C26H20F3N7O. The van der Waals surface area contributed by atoms with Crippen LogP contribution in [-0.4, -0.2) is 41.7 Å². The first-order chi connectivity index (χ1) is 17.6. The van der Waals surface area contributed by atoms with Crippen LogP contribution in [0.4, 0.5) is 19.0 Å². The minimum Gasteiger partial charge on any atom is -0.361 e. The first-order valence-corrected chi connectivity index (χ1v) is 11.4. The Bertz CT molecular complexity index is 1880. The topological polar surface area (TPSA) is 82.0 Å². The van der Waals surface area contributed by atoms with E-state index in [9.17, 15) is 18.0 Å². The Balaban J connectivity index is 1.59. The van der Waals surface area contributed by atoms with E-state index >= 15 is 0 Å². The van der Waals surface area contributed by atoms with Crippen molar-refractivity contribution in [3.05, 3.63) is 77.5 Å². The predicted molar refractivity (Wildman–Crippen MR) is 135 cm³/mol. The number of aromatic nitrogens is 6. The number of hydrogen-bond acceptors (Lipinski definition) is 5. The van der Waals surface area contributed by atoms with Crippen LogP contribution in [0.15, 0.2) is 72.0 Å². The maximum atomic E-state index is 14.0. The van der Waals surface area contributed by atoms with E-state index in [1.54, 1.807) is 45.3 Å². The average Bonchev–Trinajstić information content (AvgIpc) is 3.41. The second kappa shape index (κ2) is 8.19. The molecule has 186 valence electrons. The highest BCUT2D eigenvalue weighted by Crippen LogP contribution is 2.29. The summed E-state index contributed by atoms with van der Waals surface area (Å²) in [5.74, 6) is 0.0152. The summed E-state index contributed by atoms with van der Waals surface area (Å²) in [6.07, 6.45) is 2.57. The van der Waals surface area contributed by atoms with Crippen LogP contribution in [-0.2, 0) is 14.1 Å². The Morgan fingerprint density at radius 2 is 1.59 bits per heavy atom. The summed E-state index contributed by atoms with van der Waals surface area (Å²) in [4.78, 5) is 18.4. The molecular weight excluding hydrogens is 483 g/mol. The SMILES string of the molecule is Cn1cc2cc(-c3cn4ccc(NCC(F)(F)F)nc4c(-c4ccc5cn(C)nc5c4)c3=O)ccc2n1. The normalized spacial score (nSPS) is 12.1. The first kappa shape index (κ1) is 22.8. The maximum absolute atomic E-state index is 14.0. The molecule has 0 atom stereocenters. The van der Waals surface area contributed by atoms with Crippen molar-refractivity contribution < 1.29 is 13.2 Å². The van der Waals surface area contributed by atoms with E-state index in [0.29, 0.717) is 22.2 Å². The second-order valence-electron chi connectivity index (χ2n) is 8.91. The van der Waals surface area contributed by atoms with Crippen molar-refractivity contribution in [1.29, 1.82) is 0 Å². The molecule has 0 amide bonds. The smallest absolute Gasteiger partial charge is 0.361 e. The number of nitrogens with zero attached hydrogens (tertiary/aromatic N) is 6. The summed E-state index contributed by atoms with van der Waals surface area (Å²) < 4.78 is 43.5. The molecule has 0 fully saturated rings. The fraction of sp³-hybridized carbons (Fsp3) is 0.154. The number of pyridine rings is 1. The zero-order valence-electron chi connectivity index (χ0n) is 19.8. The molecule has 4 heterocycles. The van der Waals surface area contributed by atoms with Gasteiger partial charge in [-0.2, -0.15) is 23.4 Å². The van der Waals surface area contributed by atoms with Crippen molar-refractivity contribution in [1.82, 2.24) is 28.9 Å². The van der Waals surface area contributed by atoms with Gasteiger partial charge in [-0.15, -0.1) is 0 Å². The molecule has 0 saturated carbocycles. The second-order valence-corrected chi connectivity index (χ2v) is 8.91. The number of alkyl halides is 3. The van der Waals surface area contributed by atoms with E-state index in [-0.39, 0.29) is 22.5 Å². The van der Waals surface area contributed by atoms with Gasteiger partial charge in [0, 0.05) is 55.2 Å². The molecule has 0 aliphatic rings. The standard InChI is InChI=1S/C26H20F3N7O/c1-34-11-17-4-3-16(10-21(17)33-34)23-24(37)19(15-5-6-20-18(9-15)12-35(2)32-20)13-36-8-7-22(31-25(23)36)30-14-26(27,28)29/h3-13H,14H2,1-2H3,(H,30,31). The highest BCUT2D eigenvalue weighted by molar-refractivity contribution is 5.90. The number of aryl methyl sites for hydroxylation is 2. The largest absolute Gasteiger partial charge is 0.405 e. The van der Waals surface area contributed by atoms with Gasteiger partial charge in [0.25, 0.3) is 0 Å². The molecule has 0 bridgehead atoms. The molecule has 6 aromatic rings. The zero-order chi connectivity index (χ0) is 25.9. The summed E-state index contributed by atoms with van der Waals surface area (Å²) in [6.45, 7) is -1.24. The molecule has 0 radical (unpaired) electrons. The quantitative estimate of drug-likeness (QED) is 0.375. The van der Waals surface area contributed by atoms with Gasteiger partial charge >= 0.3 is 6.18 Å². The van der Waals surface area contributed by atoms with Crippen molar-refractivity contribution in [3.8, 4) is 22.3 Å². The molecule has 0 aliphatic carbocycles. The van der Waals surface area contributed by atoms with E-state index in [4.69, 9.17) is 0 Å². The van der Waals surface area contributed by atoms with E-state index < -0.39 is 12.7 Å². The molecule has 8 nitrogen and oxygen atoms in total. The molecule has 4 aromatic heterocycles. The monoisotopic (exact) mass is 503 g/mol. The first-order valence-electron chi connectivity index (χ1n) is 11.4. The minimum absolute atomic E-state index is 0.0152. The van der Waals surface area contributed by atoms with Crippen LogP contribution >= 0.6 is 0 Å². The number of nitrogens with one attached hydrogen (secondary N) is 1. The molecule has 6 rings (SSSR count). The highest BCUT2D eigenvalue weighted by atomic mass is 19.4. The third kappa shape index (κ3) is 4.18. The zero-order valence-corrected chi connectivity index (χ0v) is 19.8. The van der Waals surface area contributed by atoms with Crippen molar-refractivity contribution in [3.63, 3.8) is 0 Å². The van der Waals surface area contributed by atoms with Gasteiger partial charge < -0.3 is 9.72 Å². The number of halogens is 3. The average molecular weight is 503 g/mol. The van der Waals surface area contributed by atoms with Crippen LogP contribution in [0, 0.1) is 0 Å². The van der Waals surface area contributed by atoms with Crippen LogP contribution in [0.3, 0.4) is 0 Å². The van der Waals surface area contributed by atoms with Crippen LogP contribution < -0.4 is 10.7 Å². The van der Waals surface area contributed by atoms with E-state index in [2.05, 4.69) is 20.5 Å². The van der Waals surface area contributed by atoms with Crippen molar-refractivity contribution >= 4 is 33.3 Å². The van der Waals surface area contributed by atoms with Crippen LogP contribution in [0.5, 0.6) is 0 Å². The summed E-state index contributed by atoms with van der Waals surface area (Å²) in [7, 11) is 3.63. The molecule has 0 unspecified atom stereocenters. The summed E-state index contributed by atoms with van der Waals surface area (Å²) in [6, 6.07) is 12.5. The molecule has 2 aromatic carbocycles. The van der Waals surface area contributed by atoms with Gasteiger partial charge in [0.2, 0.25) is 0 Å². The maximum Gasteiger partial charge on any atom is 0.405 e. The Hall–Kier alpha value is -4.67. The number of fused-ring (bicyclic) bond motifs is 3. The van der Waals surface area contributed by atoms with Gasteiger partial charge in [-0.25, -0.2) is 4.98 Å². The van der Waals surface area contributed by atoms with Crippen molar-refractivity contribution in [2.45, 2.75) is 6.18 Å². The van der Waals surface area contributed by atoms with Gasteiger partial charge in [0.15, 0.2) is 11.1 Å². The number of hydrogen-bond donors (Lipinski definition) is 1. The van der Waals surface area contributed by atoms with E-state index in [1.807, 2.05) is 43.7 Å². The number of benzene rings is 2. The Labute approximate surface area is 207 Å². The molecule has 0 saturated heterocycles.